The largest absolute Gasteiger partial charge is 0.0616 e. The third-order valence-corrected chi connectivity index (χ3v) is 6.26. The average molecular weight is 278 g/mol. The molecule has 0 heteroatoms. The first-order valence-electron chi connectivity index (χ1n) is 8.79. The second-order valence-electron chi connectivity index (χ2n) is 7.36. The topological polar surface area (TPSA) is 0 Å². The number of aryl methyl sites for hydroxylation is 1. The smallest absolute Gasteiger partial charge is 0.00159 e. The monoisotopic (exact) mass is 278 g/mol. The molecule has 4 rings (SSSR count). The van der Waals surface area contributed by atoms with Crippen LogP contribution >= 0.6 is 0 Å². The molecule has 0 aliphatic heterocycles. The van der Waals surface area contributed by atoms with Crippen LogP contribution in [0.2, 0.25) is 0 Å². The van der Waals surface area contributed by atoms with Crippen LogP contribution in [0.25, 0.3) is 10.8 Å². The van der Waals surface area contributed by atoms with E-state index in [0.717, 1.165) is 5.92 Å². The zero-order valence-electron chi connectivity index (χ0n) is 13.2. The van der Waals surface area contributed by atoms with Crippen molar-refractivity contribution in [2.24, 2.45) is 5.92 Å². The minimum absolute atomic E-state index is 0.505. The summed E-state index contributed by atoms with van der Waals surface area (Å²) in [6, 6.07) is 13.8. The highest BCUT2D eigenvalue weighted by atomic mass is 14.5. The van der Waals surface area contributed by atoms with Crippen LogP contribution in [0.15, 0.2) is 36.4 Å². The average Bonchev–Trinajstić information content (AvgIpc) is 2.54. The van der Waals surface area contributed by atoms with E-state index in [1.165, 1.54) is 67.7 Å². The number of fused-ring (bicyclic) bond motifs is 2. The molecule has 0 bridgehead atoms. The highest BCUT2D eigenvalue weighted by Gasteiger charge is 2.43. The Hall–Kier alpha value is -1.30. The van der Waals surface area contributed by atoms with E-state index in [1.54, 1.807) is 5.56 Å². The van der Waals surface area contributed by atoms with Gasteiger partial charge in [-0.15, -0.1) is 0 Å². The van der Waals surface area contributed by atoms with Crippen molar-refractivity contribution in [1.82, 2.24) is 0 Å². The van der Waals surface area contributed by atoms with E-state index in [-0.39, 0.29) is 0 Å². The molecule has 0 aromatic heterocycles. The lowest BCUT2D eigenvalue weighted by atomic mass is 9.56. The van der Waals surface area contributed by atoms with Gasteiger partial charge in [0.25, 0.3) is 0 Å². The second-order valence-corrected chi connectivity index (χ2v) is 7.36. The van der Waals surface area contributed by atoms with Crippen LogP contribution in [0.1, 0.15) is 62.5 Å². The SMILES string of the molecule is Cc1cc2ccccc2cc1C12CCCCC1CCCC2. The fraction of sp³-hybridized carbons (Fsp3) is 0.524. The summed E-state index contributed by atoms with van der Waals surface area (Å²) in [6.45, 7) is 2.34. The van der Waals surface area contributed by atoms with Gasteiger partial charge in [-0.05, 0) is 65.8 Å². The second kappa shape index (κ2) is 5.16. The Morgan fingerprint density at radius 3 is 2.14 bits per heavy atom. The Kier molecular flexibility index (Phi) is 3.28. The Bertz CT molecular complexity index is 640. The van der Waals surface area contributed by atoms with Gasteiger partial charge in [-0.25, -0.2) is 0 Å². The molecule has 0 amide bonds. The van der Waals surface area contributed by atoms with Gasteiger partial charge in [0.1, 0.15) is 0 Å². The van der Waals surface area contributed by atoms with Crippen LogP contribution in [0.4, 0.5) is 0 Å². The Morgan fingerprint density at radius 1 is 0.857 bits per heavy atom. The first-order valence-corrected chi connectivity index (χ1v) is 8.79. The van der Waals surface area contributed by atoms with E-state index in [9.17, 15) is 0 Å². The molecule has 0 atom stereocenters. The highest BCUT2D eigenvalue weighted by Crippen LogP contribution is 2.53. The van der Waals surface area contributed by atoms with Crippen molar-refractivity contribution in [3.63, 3.8) is 0 Å². The summed E-state index contributed by atoms with van der Waals surface area (Å²) in [5.41, 5.74) is 3.72. The summed E-state index contributed by atoms with van der Waals surface area (Å²) in [6.07, 6.45) is 11.6. The molecule has 0 radical (unpaired) electrons. The predicted octanol–water partition coefficient (Wildman–Crippen LogP) is 6.15. The third kappa shape index (κ3) is 2.11. The summed E-state index contributed by atoms with van der Waals surface area (Å²) in [5.74, 6) is 0.944. The molecule has 2 aliphatic carbocycles. The highest BCUT2D eigenvalue weighted by molar-refractivity contribution is 5.84. The first-order chi connectivity index (χ1) is 10.3. The van der Waals surface area contributed by atoms with Gasteiger partial charge < -0.3 is 0 Å². The maximum atomic E-state index is 2.54. The van der Waals surface area contributed by atoms with Gasteiger partial charge in [-0.3, -0.25) is 0 Å². The normalized spacial score (nSPS) is 29.3. The van der Waals surface area contributed by atoms with Crippen molar-refractivity contribution in [2.45, 2.75) is 63.7 Å². The van der Waals surface area contributed by atoms with Gasteiger partial charge in [0.2, 0.25) is 0 Å². The van der Waals surface area contributed by atoms with Crippen molar-refractivity contribution in [2.75, 3.05) is 0 Å². The van der Waals surface area contributed by atoms with Crippen LogP contribution < -0.4 is 0 Å². The molecule has 0 N–H and O–H groups in total. The van der Waals surface area contributed by atoms with Gasteiger partial charge in [-0.2, -0.15) is 0 Å². The van der Waals surface area contributed by atoms with Crippen molar-refractivity contribution < 1.29 is 0 Å². The van der Waals surface area contributed by atoms with Gasteiger partial charge in [0.15, 0.2) is 0 Å². The van der Waals surface area contributed by atoms with E-state index in [4.69, 9.17) is 0 Å². The number of rotatable bonds is 1. The number of hydrogen-bond acceptors (Lipinski definition) is 0. The molecular weight excluding hydrogens is 252 g/mol. The Labute approximate surface area is 128 Å². The van der Waals surface area contributed by atoms with E-state index >= 15 is 0 Å². The summed E-state index contributed by atoms with van der Waals surface area (Å²) >= 11 is 0. The standard InChI is InChI=1S/C21H26/c1-16-14-17-8-2-3-9-18(17)15-20(16)21-12-6-4-10-19(21)11-5-7-13-21/h2-3,8-9,14-15,19H,4-7,10-13H2,1H3. The maximum Gasteiger partial charge on any atom is -0.00159 e. The first kappa shape index (κ1) is 13.4. The van der Waals surface area contributed by atoms with Gasteiger partial charge in [-0.1, -0.05) is 62.1 Å². The fourth-order valence-corrected chi connectivity index (χ4v) is 5.27. The number of hydrogen-bond donors (Lipinski definition) is 0. The lowest BCUT2D eigenvalue weighted by Crippen LogP contribution is -2.41. The van der Waals surface area contributed by atoms with E-state index < -0.39 is 0 Å². The van der Waals surface area contributed by atoms with Crippen molar-refractivity contribution in [3.8, 4) is 0 Å². The maximum absolute atomic E-state index is 2.54. The molecule has 2 aromatic carbocycles. The van der Waals surface area contributed by atoms with E-state index in [1.807, 2.05) is 0 Å². The Morgan fingerprint density at radius 2 is 1.48 bits per heavy atom. The minimum Gasteiger partial charge on any atom is -0.0616 e. The molecule has 0 spiro atoms. The van der Waals surface area contributed by atoms with E-state index in [2.05, 4.69) is 43.3 Å². The third-order valence-electron chi connectivity index (χ3n) is 6.26. The van der Waals surface area contributed by atoms with Crippen LogP contribution in [-0.2, 0) is 5.41 Å². The van der Waals surface area contributed by atoms with Crippen molar-refractivity contribution >= 4 is 10.8 Å². The fourth-order valence-electron chi connectivity index (χ4n) is 5.27. The van der Waals surface area contributed by atoms with Crippen LogP contribution in [0.5, 0.6) is 0 Å². The zero-order valence-corrected chi connectivity index (χ0v) is 13.2. The molecule has 0 saturated heterocycles. The summed E-state index contributed by atoms with van der Waals surface area (Å²) in [7, 11) is 0. The minimum atomic E-state index is 0.505. The lowest BCUT2D eigenvalue weighted by Gasteiger charge is -2.49. The van der Waals surface area contributed by atoms with Crippen LogP contribution in [-0.4, -0.2) is 0 Å². The van der Waals surface area contributed by atoms with Gasteiger partial charge in [0, 0.05) is 0 Å². The molecule has 0 unspecified atom stereocenters. The Balaban J connectivity index is 1.88. The van der Waals surface area contributed by atoms with Crippen molar-refractivity contribution in [1.29, 1.82) is 0 Å². The predicted molar refractivity (Wildman–Crippen MR) is 90.8 cm³/mol. The summed E-state index contributed by atoms with van der Waals surface area (Å²) in [4.78, 5) is 0. The molecule has 110 valence electrons. The summed E-state index contributed by atoms with van der Waals surface area (Å²) < 4.78 is 0. The molecular formula is C21H26. The quantitative estimate of drug-likeness (QED) is 0.587. The molecule has 2 saturated carbocycles. The lowest BCUT2D eigenvalue weighted by molar-refractivity contribution is 0.123. The molecule has 2 aliphatic rings. The molecule has 0 heterocycles. The zero-order chi connectivity index (χ0) is 14.3. The van der Waals surface area contributed by atoms with E-state index in [0.29, 0.717) is 5.41 Å². The van der Waals surface area contributed by atoms with Gasteiger partial charge in [0.05, 0.1) is 0 Å². The van der Waals surface area contributed by atoms with Crippen molar-refractivity contribution in [3.05, 3.63) is 47.5 Å². The van der Waals surface area contributed by atoms with Crippen LogP contribution in [0.3, 0.4) is 0 Å². The van der Waals surface area contributed by atoms with Crippen LogP contribution in [0, 0.1) is 12.8 Å². The molecule has 0 nitrogen and oxygen atoms in total. The van der Waals surface area contributed by atoms with Gasteiger partial charge >= 0.3 is 0 Å². The molecule has 2 fully saturated rings. The molecule has 21 heavy (non-hydrogen) atoms. The summed E-state index contributed by atoms with van der Waals surface area (Å²) in [5, 5.41) is 2.83. The number of benzene rings is 2. The molecule has 2 aromatic rings.